The number of nitrogens with zero attached hydrogens (tertiary/aromatic N) is 4. The summed E-state index contributed by atoms with van der Waals surface area (Å²) in [5.41, 5.74) is 12.1. The van der Waals surface area contributed by atoms with Gasteiger partial charge in [0.25, 0.3) is 0 Å². The van der Waals surface area contributed by atoms with E-state index >= 15 is 0 Å². The van der Waals surface area contributed by atoms with Gasteiger partial charge >= 0.3 is 0 Å². The van der Waals surface area contributed by atoms with Gasteiger partial charge in [0, 0.05) is 65.8 Å². The fraction of sp³-hybridized carbons (Fsp3) is 0. The molecule has 0 N–H and O–H groups in total. The van der Waals surface area contributed by atoms with Crippen LogP contribution < -0.4 is 9.80 Å². The third-order valence-corrected chi connectivity index (χ3v) is 14.1. The molecule has 0 fully saturated rings. The van der Waals surface area contributed by atoms with E-state index in [4.69, 9.17) is 8.22 Å². The Hall–Kier alpha value is -9.38. The number of para-hydroxylation sites is 4. The highest BCUT2D eigenvalue weighted by Crippen LogP contribution is 2.50. The summed E-state index contributed by atoms with van der Waals surface area (Å²) in [6.07, 6.45) is 0. The molecule has 0 bridgehead atoms. The monoisotopic (exact) mass is 900 g/mol. The van der Waals surface area contributed by atoms with Crippen LogP contribution in [0.4, 0.5) is 34.1 Å². The summed E-state index contributed by atoms with van der Waals surface area (Å²) in [5, 5.41) is 7.65. The Balaban J connectivity index is 0.986. The molecule has 0 radical (unpaired) electrons. The second-order valence-corrected chi connectivity index (χ2v) is 17.8. The maximum atomic E-state index is 9.34. The van der Waals surface area contributed by atoms with Crippen LogP contribution in [0.1, 0.15) is 13.7 Å². The molecule has 4 aromatic heterocycles. The fourth-order valence-corrected chi connectivity index (χ4v) is 11.3. The molecule has 0 aliphatic carbocycles. The molecule has 15 rings (SSSR count). The van der Waals surface area contributed by atoms with E-state index in [1.807, 2.05) is 143 Å². The lowest BCUT2D eigenvalue weighted by molar-refractivity contribution is 1.29. The Labute approximate surface area is 418 Å². The minimum Gasteiger partial charge on any atom is -0.310 e. The molecule has 0 spiro atoms. The first-order valence-electron chi connectivity index (χ1n) is 28.3. The molecule has 4 heterocycles. The Bertz CT molecular complexity index is 4720. The maximum absolute atomic E-state index is 9.34. The van der Waals surface area contributed by atoms with Gasteiger partial charge in [-0.05, 0) is 107 Å². The lowest BCUT2D eigenvalue weighted by atomic mass is 10.0. The third kappa shape index (κ3) is 5.59. The van der Waals surface area contributed by atoms with E-state index in [0.717, 1.165) is 98.4 Å². The first-order valence-corrected chi connectivity index (χ1v) is 23.3. The molecule has 0 saturated carbocycles. The van der Waals surface area contributed by atoms with Crippen LogP contribution in [0.3, 0.4) is 0 Å². The minimum atomic E-state index is -0.462. The van der Waals surface area contributed by atoms with Crippen molar-refractivity contribution in [1.82, 2.24) is 8.80 Å². The van der Waals surface area contributed by atoms with E-state index in [2.05, 4.69) is 69.5 Å². The number of rotatable bonds is 8. The molecular weight excluding hydrogens is 849 g/mol. The summed E-state index contributed by atoms with van der Waals surface area (Å²) in [7, 11) is 0. The zero-order valence-electron chi connectivity index (χ0n) is 47.3. The second-order valence-electron chi connectivity index (χ2n) is 17.8. The highest BCUT2D eigenvalue weighted by atomic mass is 15.2. The van der Waals surface area contributed by atoms with Crippen molar-refractivity contribution < 1.29 is 13.7 Å². The highest BCUT2D eigenvalue weighted by molar-refractivity contribution is 6.31. The number of benzene rings is 11. The van der Waals surface area contributed by atoms with Crippen LogP contribution in [0.15, 0.2) is 255 Å². The van der Waals surface area contributed by atoms with Gasteiger partial charge in [-0.1, -0.05) is 170 Å². The SMILES string of the molecule is [2H]c1c([2H])c([2H])c(N(c2cccc(-c3ccccc3)c2)c2cccc3c2c2cccc4c5cc6c(cc5n3c42)c2cccc3c4c(N(c5cccc(-c7ccccc7)c5)c5c([2H])c([2H])c([2H])c([2H])c5[2H])cccc4n6c23)c([2H])c1[2H]. The molecule has 15 aromatic rings. The molecule has 70 heavy (non-hydrogen) atoms. The highest BCUT2D eigenvalue weighted by Gasteiger charge is 2.27. The zero-order chi connectivity index (χ0) is 54.6. The average molecular weight is 901 g/mol. The number of anilines is 6. The predicted molar refractivity (Wildman–Crippen MR) is 296 cm³/mol. The molecule has 4 nitrogen and oxygen atoms in total. The van der Waals surface area contributed by atoms with Crippen molar-refractivity contribution in [2.75, 3.05) is 9.80 Å². The molecule has 4 heteroatoms. The van der Waals surface area contributed by atoms with E-state index < -0.39 is 36.3 Å². The first-order chi connectivity index (χ1) is 38.9. The van der Waals surface area contributed by atoms with Crippen LogP contribution in [-0.2, 0) is 0 Å². The number of aromatic nitrogens is 2. The maximum Gasteiger partial charge on any atom is 0.0645 e. The number of hydrogen-bond donors (Lipinski definition) is 0. The molecule has 11 aromatic carbocycles. The Morgan fingerprint density at radius 3 is 1.11 bits per heavy atom. The van der Waals surface area contributed by atoms with E-state index in [0.29, 0.717) is 22.7 Å². The number of hydrogen-bond acceptors (Lipinski definition) is 2. The average Bonchev–Trinajstić information content (AvgIpc) is 4.35. The predicted octanol–water partition coefficient (Wildman–Crippen LogP) is 18.3. The van der Waals surface area contributed by atoms with Gasteiger partial charge in [0.2, 0.25) is 0 Å². The summed E-state index contributed by atoms with van der Waals surface area (Å²) < 4.78 is 94.3. The summed E-state index contributed by atoms with van der Waals surface area (Å²) in [6, 6.07) is 60.9. The fourth-order valence-electron chi connectivity index (χ4n) is 11.3. The van der Waals surface area contributed by atoms with Gasteiger partial charge in [-0.15, -0.1) is 0 Å². The van der Waals surface area contributed by atoms with Gasteiger partial charge in [0.15, 0.2) is 0 Å². The van der Waals surface area contributed by atoms with Crippen molar-refractivity contribution in [2.45, 2.75) is 0 Å². The second kappa shape index (κ2) is 15.1. The molecular formula is C66H42N4. The normalized spacial score (nSPS) is 14.0. The van der Waals surface area contributed by atoms with Crippen molar-refractivity contribution in [2.24, 2.45) is 0 Å². The van der Waals surface area contributed by atoms with E-state index in [1.54, 1.807) is 0 Å². The van der Waals surface area contributed by atoms with Crippen LogP contribution in [0.25, 0.3) is 98.4 Å². The molecule has 0 aliphatic rings. The molecule has 0 atom stereocenters. The summed E-state index contributed by atoms with van der Waals surface area (Å²) in [4.78, 5) is 3.64. The first kappa shape index (κ1) is 30.1. The van der Waals surface area contributed by atoms with Crippen molar-refractivity contribution >= 4 is 110 Å². The van der Waals surface area contributed by atoms with Crippen LogP contribution in [0.5, 0.6) is 0 Å². The summed E-state index contributed by atoms with van der Waals surface area (Å²) >= 11 is 0. The summed E-state index contributed by atoms with van der Waals surface area (Å²) in [6.45, 7) is 0. The third-order valence-electron chi connectivity index (χ3n) is 14.1. The van der Waals surface area contributed by atoms with Crippen LogP contribution in [0, 0.1) is 0 Å². The largest absolute Gasteiger partial charge is 0.310 e. The Kier molecular flexibility index (Phi) is 6.48. The zero-order valence-corrected chi connectivity index (χ0v) is 37.3. The molecule has 0 aliphatic heterocycles. The topological polar surface area (TPSA) is 15.3 Å². The van der Waals surface area contributed by atoms with Gasteiger partial charge in [0.05, 0.1) is 58.2 Å². The van der Waals surface area contributed by atoms with Gasteiger partial charge in [0.1, 0.15) is 0 Å². The van der Waals surface area contributed by atoms with E-state index in [9.17, 15) is 5.48 Å². The van der Waals surface area contributed by atoms with Crippen LogP contribution >= 0.6 is 0 Å². The molecule has 0 amide bonds. The van der Waals surface area contributed by atoms with Crippen molar-refractivity contribution in [1.29, 1.82) is 0 Å². The van der Waals surface area contributed by atoms with Crippen LogP contribution in [0.2, 0.25) is 0 Å². The van der Waals surface area contributed by atoms with Gasteiger partial charge < -0.3 is 18.6 Å². The Morgan fingerprint density at radius 1 is 0.286 bits per heavy atom. The van der Waals surface area contributed by atoms with Crippen molar-refractivity contribution in [3.05, 3.63) is 255 Å². The standard InChI is InChI=1S/C66H42N4/c1-5-19-43(20-6-1)45-23-13-29-49(39-45)67(47-25-9-3-10-26-47)57-35-17-37-59-63(57)53-33-15-31-51-55-42-62-56(41-61(55)69(59)65(51)53)52-32-16-34-54-64-58(36-18-38-60(64)70(62)66(52)54)68(48-27-11-4-12-28-48)50-30-14-24-46(40-50)44-21-7-2-8-22-44/h1-42H/i3D,4D,9D,10D,11D,12D,25D,26D,27D,28D. The van der Waals surface area contributed by atoms with E-state index in [-0.39, 0.29) is 35.5 Å². The quantitative estimate of drug-likeness (QED) is 0.151. The minimum absolute atomic E-state index is 0.0450. The van der Waals surface area contributed by atoms with Crippen LogP contribution in [-0.4, -0.2) is 8.80 Å². The van der Waals surface area contributed by atoms with Gasteiger partial charge in [-0.2, -0.15) is 0 Å². The Morgan fingerprint density at radius 2 is 0.671 bits per heavy atom. The van der Waals surface area contributed by atoms with E-state index in [1.165, 1.54) is 0 Å². The lowest BCUT2D eigenvalue weighted by Crippen LogP contribution is -2.10. The number of fused-ring (bicyclic) bond motifs is 12. The van der Waals surface area contributed by atoms with Crippen molar-refractivity contribution in [3.8, 4) is 22.3 Å². The van der Waals surface area contributed by atoms with Gasteiger partial charge in [-0.25, -0.2) is 0 Å². The molecule has 326 valence electrons. The lowest BCUT2D eigenvalue weighted by Gasteiger charge is -2.27. The van der Waals surface area contributed by atoms with Gasteiger partial charge in [-0.3, -0.25) is 0 Å². The molecule has 0 saturated heterocycles. The summed E-state index contributed by atoms with van der Waals surface area (Å²) in [5.74, 6) is 0. The smallest absolute Gasteiger partial charge is 0.0645 e. The van der Waals surface area contributed by atoms with Crippen molar-refractivity contribution in [3.63, 3.8) is 0 Å². The molecule has 0 unspecified atom stereocenters.